The topological polar surface area (TPSA) is 29.5 Å². The van der Waals surface area contributed by atoms with Crippen molar-refractivity contribution in [3.8, 4) is 5.75 Å². The highest BCUT2D eigenvalue weighted by Gasteiger charge is 2.09. The Hall–Kier alpha value is -0.800. The van der Waals surface area contributed by atoms with Crippen LogP contribution in [0.2, 0.25) is 0 Å². The van der Waals surface area contributed by atoms with Crippen LogP contribution in [0.25, 0.3) is 0 Å². The van der Waals surface area contributed by atoms with E-state index in [-0.39, 0.29) is 0 Å². The third kappa shape index (κ3) is 3.99. The summed E-state index contributed by atoms with van der Waals surface area (Å²) in [7, 11) is 0. The van der Waals surface area contributed by atoms with Gasteiger partial charge in [0.25, 0.3) is 0 Å². The van der Waals surface area contributed by atoms with Crippen molar-refractivity contribution in [3.63, 3.8) is 0 Å². The zero-order valence-corrected chi connectivity index (χ0v) is 11.0. The molecule has 0 saturated carbocycles. The number of aliphatic hydroxyl groups excluding tert-OH is 1. The molecule has 0 radical (unpaired) electrons. The van der Waals surface area contributed by atoms with Crippen molar-refractivity contribution in [2.24, 2.45) is 0 Å². The van der Waals surface area contributed by atoms with E-state index in [0.717, 1.165) is 28.6 Å². The lowest BCUT2D eigenvalue weighted by Gasteiger charge is -2.13. The lowest BCUT2D eigenvalue weighted by Crippen LogP contribution is -2.02. The van der Waals surface area contributed by atoms with Gasteiger partial charge in [-0.25, -0.2) is 0 Å². The van der Waals surface area contributed by atoms with Crippen LogP contribution in [0, 0.1) is 0 Å². The average molecular weight is 285 g/mol. The number of ether oxygens (including phenoxy) is 1. The molecule has 2 nitrogen and oxygen atoms in total. The number of benzene rings is 1. The molecule has 88 valence electrons. The second-order valence-electron chi connectivity index (χ2n) is 3.64. The van der Waals surface area contributed by atoms with E-state index < -0.39 is 6.10 Å². The maximum Gasteiger partial charge on any atom is 0.125 e. The third-order valence-corrected chi connectivity index (χ3v) is 2.73. The molecule has 3 heteroatoms. The first-order chi connectivity index (χ1) is 7.65. The van der Waals surface area contributed by atoms with E-state index in [1.54, 1.807) is 6.92 Å². The standard InChI is InChI=1S/C13H17BrO2/c1-3-4-5-8-16-13-7-6-11(14)9-12(13)10(2)15/h3,6-7,9-10,15H,1,4-5,8H2,2H3/t10-/m0/s1. The molecular weight excluding hydrogens is 268 g/mol. The number of aliphatic hydroxyl groups is 1. The van der Waals surface area contributed by atoms with Gasteiger partial charge in [0, 0.05) is 10.0 Å². The number of rotatable bonds is 6. The van der Waals surface area contributed by atoms with Crippen LogP contribution in [-0.2, 0) is 0 Å². The van der Waals surface area contributed by atoms with Gasteiger partial charge in [-0.3, -0.25) is 0 Å². The third-order valence-electron chi connectivity index (χ3n) is 2.23. The van der Waals surface area contributed by atoms with Crippen LogP contribution in [0.1, 0.15) is 31.4 Å². The highest BCUT2D eigenvalue weighted by atomic mass is 79.9. The first kappa shape index (κ1) is 13.3. The van der Waals surface area contributed by atoms with Gasteiger partial charge in [-0.2, -0.15) is 0 Å². The Bertz CT molecular complexity index is 348. The van der Waals surface area contributed by atoms with E-state index in [2.05, 4.69) is 22.5 Å². The molecule has 16 heavy (non-hydrogen) atoms. The maximum absolute atomic E-state index is 9.61. The molecule has 0 spiro atoms. The minimum absolute atomic E-state index is 0.521. The van der Waals surface area contributed by atoms with Crippen molar-refractivity contribution in [1.29, 1.82) is 0 Å². The van der Waals surface area contributed by atoms with Gasteiger partial charge in [0.1, 0.15) is 5.75 Å². The van der Waals surface area contributed by atoms with E-state index in [0.29, 0.717) is 6.61 Å². The van der Waals surface area contributed by atoms with Gasteiger partial charge < -0.3 is 9.84 Å². The normalized spacial score (nSPS) is 12.2. The minimum atomic E-state index is -0.521. The smallest absolute Gasteiger partial charge is 0.125 e. The molecule has 0 amide bonds. The van der Waals surface area contributed by atoms with Crippen LogP contribution >= 0.6 is 15.9 Å². The second kappa shape index (κ2) is 6.71. The molecule has 1 rings (SSSR count). The molecule has 0 bridgehead atoms. The Morgan fingerprint density at radius 3 is 2.94 bits per heavy atom. The van der Waals surface area contributed by atoms with Crippen LogP contribution in [0.4, 0.5) is 0 Å². The summed E-state index contributed by atoms with van der Waals surface area (Å²) in [6, 6.07) is 5.67. The Kier molecular flexibility index (Phi) is 5.56. The molecule has 0 saturated heterocycles. The molecule has 0 unspecified atom stereocenters. The Labute approximate surface area is 105 Å². The molecule has 1 atom stereocenters. The minimum Gasteiger partial charge on any atom is -0.493 e. The lowest BCUT2D eigenvalue weighted by atomic mass is 10.1. The van der Waals surface area contributed by atoms with Crippen molar-refractivity contribution >= 4 is 15.9 Å². The van der Waals surface area contributed by atoms with Crippen LogP contribution < -0.4 is 4.74 Å². The number of allylic oxidation sites excluding steroid dienone is 1. The first-order valence-electron chi connectivity index (χ1n) is 5.36. The molecule has 0 heterocycles. The summed E-state index contributed by atoms with van der Waals surface area (Å²) in [5.41, 5.74) is 0.813. The summed E-state index contributed by atoms with van der Waals surface area (Å²) in [6.45, 7) is 6.04. The molecule has 1 aromatic rings. The zero-order valence-electron chi connectivity index (χ0n) is 9.45. The molecule has 1 aromatic carbocycles. The summed E-state index contributed by atoms with van der Waals surface area (Å²) in [5.74, 6) is 0.752. The quantitative estimate of drug-likeness (QED) is 0.635. The van der Waals surface area contributed by atoms with Gasteiger partial charge in [-0.15, -0.1) is 6.58 Å². The Balaban J connectivity index is 2.67. The fourth-order valence-electron chi connectivity index (χ4n) is 1.39. The predicted molar refractivity (Wildman–Crippen MR) is 69.7 cm³/mol. The summed E-state index contributed by atoms with van der Waals surface area (Å²) >= 11 is 3.38. The van der Waals surface area contributed by atoms with Gasteiger partial charge in [0.05, 0.1) is 12.7 Å². The van der Waals surface area contributed by atoms with E-state index in [1.807, 2.05) is 24.3 Å². The average Bonchev–Trinajstić information content (AvgIpc) is 2.26. The summed E-state index contributed by atoms with van der Waals surface area (Å²) in [4.78, 5) is 0. The molecule has 1 N–H and O–H groups in total. The first-order valence-corrected chi connectivity index (χ1v) is 6.15. The van der Waals surface area contributed by atoms with Crippen LogP contribution in [0.15, 0.2) is 35.3 Å². The second-order valence-corrected chi connectivity index (χ2v) is 4.55. The SMILES string of the molecule is C=CCCCOc1ccc(Br)cc1[C@H](C)O. The molecule has 0 aliphatic heterocycles. The van der Waals surface area contributed by atoms with Crippen LogP contribution in [0.5, 0.6) is 5.75 Å². The number of unbranched alkanes of at least 4 members (excludes halogenated alkanes) is 1. The van der Waals surface area contributed by atoms with Crippen molar-refractivity contribution in [2.75, 3.05) is 6.61 Å². The van der Waals surface area contributed by atoms with Gasteiger partial charge in [0.15, 0.2) is 0 Å². The highest BCUT2D eigenvalue weighted by Crippen LogP contribution is 2.28. The van der Waals surface area contributed by atoms with Gasteiger partial charge in [-0.05, 0) is 38.0 Å². The van der Waals surface area contributed by atoms with Crippen LogP contribution in [-0.4, -0.2) is 11.7 Å². The number of halogens is 1. The number of hydrogen-bond acceptors (Lipinski definition) is 2. The molecule has 0 aliphatic carbocycles. The van der Waals surface area contributed by atoms with Crippen molar-refractivity contribution < 1.29 is 9.84 Å². The Morgan fingerprint density at radius 1 is 1.56 bits per heavy atom. The molecule has 0 fully saturated rings. The van der Waals surface area contributed by atoms with E-state index in [9.17, 15) is 5.11 Å². The Morgan fingerprint density at radius 2 is 2.31 bits per heavy atom. The van der Waals surface area contributed by atoms with Gasteiger partial charge >= 0.3 is 0 Å². The summed E-state index contributed by atoms with van der Waals surface area (Å²) in [5, 5.41) is 9.61. The lowest BCUT2D eigenvalue weighted by molar-refractivity contribution is 0.191. The van der Waals surface area contributed by atoms with Gasteiger partial charge in [0.2, 0.25) is 0 Å². The molecule has 0 aliphatic rings. The van der Waals surface area contributed by atoms with Crippen molar-refractivity contribution in [3.05, 3.63) is 40.9 Å². The molecule has 0 aromatic heterocycles. The highest BCUT2D eigenvalue weighted by molar-refractivity contribution is 9.10. The van der Waals surface area contributed by atoms with Crippen molar-refractivity contribution in [2.45, 2.75) is 25.9 Å². The predicted octanol–water partition coefficient (Wildman–Crippen LogP) is 3.85. The largest absolute Gasteiger partial charge is 0.493 e. The monoisotopic (exact) mass is 284 g/mol. The number of hydrogen-bond donors (Lipinski definition) is 1. The maximum atomic E-state index is 9.61. The van der Waals surface area contributed by atoms with Crippen molar-refractivity contribution in [1.82, 2.24) is 0 Å². The van der Waals surface area contributed by atoms with E-state index in [1.165, 1.54) is 0 Å². The summed E-state index contributed by atoms with van der Waals surface area (Å²) in [6.07, 6.45) is 3.24. The zero-order chi connectivity index (χ0) is 12.0. The summed E-state index contributed by atoms with van der Waals surface area (Å²) < 4.78 is 6.57. The van der Waals surface area contributed by atoms with E-state index in [4.69, 9.17) is 4.74 Å². The fourth-order valence-corrected chi connectivity index (χ4v) is 1.77. The van der Waals surface area contributed by atoms with E-state index >= 15 is 0 Å². The fraction of sp³-hybridized carbons (Fsp3) is 0.385. The molecular formula is C13H17BrO2. The van der Waals surface area contributed by atoms with Gasteiger partial charge in [-0.1, -0.05) is 22.0 Å². The van der Waals surface area contributed by atoms with Crippen LogP contribution in [0.3, 0.4) is 0 Å².